The largest absolute Gasteiger partial charge is 0.388 e. The van der Waals surface area contributed by atoms with Crippen LogP contribution in [0, 0.1) is 0 Å². The molecule has 0 bridgehead atoms. The molecule has 7 heteroatoms. The molecule has 1 unspecified atom stereocenters. The molecule has 0 heterocycles. The number of carbonyl (C=O) groups is 1. The van der Waals surface area contributed by atoms with Crippen molar-refractivity contribution >= 4 is 15.9 Å². The standard InChI is InChI=1S/C13H20N2O4S/c1-3-13(2,17)10-14-12(16)9-15-20(18,19)11-7-5-4-6-8-11/h4-8,15,17H,3,9-10H2,1-2H3,(H,14,16). The number of benzene rings is 1. The Bertz CT molecular complexity index is 541. The lowest BCUT2D eigenvalue weighted by Gasteiger charge is -2.21. The molecule has 0 radical (unpaired) electrons. The van der Waals surface area contributed by atoms with E-state index in [4.69, 9.17) is 0 Å². The van der Waals surface area contributed by atoms with Crippen LogP contribution < -0.4 is 10.0 Å². The van der Waals surface area contributed by atoms with E-state index in [-0.39, 0.29) is 18.0 Å². The Kier molecular flexibility index (Phi) is 5.67. The summed E-state index contributed by atoms with van der Waals surface area (Å²) in [5.41, 5.74) is -0.992. The van der Waals surface area contributed by atoms with E-state index in [0.717, 1.165) is 0 Å². The van der Waals surface area contributed by atoms with Crippen molar-refractivity contribution in [3.8, 4) is 0 Å². The Labute approximate surface area is 119 Å². The fourth-order valence-corrected chi connectivity index (χ4v) is 2.32. The van der Waals surface area contributed by atoms with Crippen LogP contribution in [-0.4, -0.2) is 38.1 Å². The summed E-state index contributed by atoms with van der Waals surface area (Å²) in [6, 6.07) is 7.81. The Balaban J connectivity index is 2.49. The van der Waals surface area contributed by atoms with Crippen molar-refractivity contribution in [2.24, 2.45) is 0 Å². The molecule has 0 fully saturated rings. The zero-order valence-corrected chi connectivity index (χ0v) is 12.4. The minimum Gasteiger partial charge on any atom is -0.388 e. The SMILES string of the molecule is CCC(C)(O)CNC(=O)CNS(=O)(=O)c1ccccc1. The summed E-state index contributed by atoms with van der Waals surface area (Å²) in [4.78, 5) is 11.6. The normalized spacial score (nSPS) is 14.6. The molecular formula is C13H20N2O4S. The van der Waals surface area contributed by atoms with Crippen molar-refractivity contribution in [1.29, 1.82) is 0 Å². The lowest BCUT2D eigenvalue weighted by atomic mass is 10.0. The van der Waals surface area contributed by atoms with Gasteiger partial charge in [-0.15, -0.1) is 0 Å². The van der Waals surface area contributed by atoms with E-state index in [1.807, 2.05) is 0 Å². The molecule has 0 saturated heterocycles. The third-order valence-electron chi connectivity index (χ3n) is 2.90. The van der Waals surface area contributed by atoms with Gasteiger partial charge in [-0.2, -0.15) is 0 Å². The van der Waals surface area contributed by atoms with Crippen molar-refractivity contribution in [2.75, 3.05) is 13.1 Å². The molecule has 0 aromatic heterocycles. The van der Waals surface area contributed by atoms with Gasteiger partial charge in [0.1, 0.15) is 0 Å². The van der Waals surface area contributed by atoms with Crippen LogP contribution in [0.3, 0.4) is 0 Å². The predicted molar refractivity (Wildman–Crippen MR) is 75.6 cm³/mol. The average molecular weight is 300 g/mol. The van der Waals surface area contributed by atoms with Gasteiger partial charge in [0.2, 0.25) is 15.9 Å². The van der Waals surface area contributed by atoms with Gasteiger partial charge < -0.3 is 10.4 Å². The highest BCUT2D eigenvalue weighted by molar-refractivity contribution is 7.89. The number of amides is 1. The van der Waals surface area contributed by atoms with Gasteiger partial charge in [-0.3, -0.25) is 4.79 Å². The minimum absolute atomic E-state index is 0.0788. The van der Waals surface area contributed by atoms with E-state index in [1.54, 1.807) is 32.0 Å². The highest BCUT2D eigenvalue weighted by Crippen LogP contribution is 2.07. The van der Waals surface area contributed by atoms with Gasteiger partial charge in [0.15, 0.2) is 0 Å². The van der Waals surface area contributed by atoms with Crippen molar-refractivity contribution < 1.29 is 18.3 Å². The molecule has 0 saturated carbocycles. The summed E-state index contributed by atoms with van der Waals surface area (Å²) >= 11 is 0. The zero-order valence-electron chi connectivity index (χ0n) is 11.6. The van der Waals surface area contributed by atoms with Gasteiger partial charge in [-0.05, 0) is 25.5 Å². The number of hydrogen-bond donors (Lipinski definition) is 3. The summed E-state index contributed by atoms with van der Waals surface area (Å²) in [6.07, 6.45) is 0.489. The molecule has 0 aliphatic heterocycles. The van der Waals surface area contributed by atoms with Gasteiger partial charge in [-0.25, -0.2) is 13.1 Å². The van der Waals surface area contributed by atoms with Crippen molar-refractivity contribution in [2.45, 2.75) is 30.8 Å². The van der Waals surface area contributed by atoms with E-state index in [2.05, 4.69) is 10.0 Å². The topological polar surface area (TPSA) is 95.5 Å². The Morgan fingerprint density at radius 3 is 2.45 bits per heavy atom. The fourth-order valence-electron chi connectivity index (χ4n) is 1.32. The quantitative estimate of drug-likeness (QED) is 0.672. The first-order chi connectivity index (χ1) is 9.27. The maximum absolute atomic E-state index is 11.9. The maximum atomic E-state index is 11.9. The van der Waals surface area contributed by atoms with E-state index in [1.165, 1.54) is 12.1 Å². The molecule has 20 heavy (non-hydrogen) atoms. The smallest absolute Gasteiger partial charge is 0.241 e. The molecule has 1 amide bonds. The molecular weight excluding hydrogens is 280 g/mol. The summed E-state index contributed by atoms with van der Waals surface area (Å²) in [5, 5.41) is 12.2. The number of carbonyl (C=O) groups excluding carboxylic acids is 1. The van der Waals surface area contributed by atoms with Gasteiger partial charge in [0, 0.05) is 6.54 Å². The maximum Gasteiger partial charge on any atom is 0.241 e. The molecule has 3 N–H and O–H groups in total. The summed E-state index contributed by atoms with van der Waals surface area (Å²) in [5.74, 6) is -0.488. The third-order valence-corrected chi connectivity index (χ3v) is 4.32. The van der Waals surface area contributed by atoms with Gasteiger partial charge in [-0.1, -0.05) is 25.1 Å². The van der Waals surface area contributed by atoms with E-state index < -0.39 is 21.5 Å². The molecule has 112 valence electrons. The van der Waals surface area contributed by atoms with E-state index >= 15 is 0 Å². The molecule has 6 nitrogen and oxygen atoms in total. The van der Waals surface area contributed by atoms with Crippen LogP contribution in [0.4, 0.5) is 0 Å². The zero-order chi connectivity index (χ0) is 15.2. The molecule has 0 aliphatic rings. The summed E-state index contributed by atoms with van der Waals surface area (Å²) in [7, 11) is -3.69. The Morgan fingerprint density at radius 2 is 1.90 bits per heavy atom. The molecule has 0 aliphatic carbocycles. The van der Waals surface area contributed by atoms with E-state index in [9.17, 15) is 18.3 Å². The van der Waals surface area contributed by atoms with Gasteiger partial charge in [0.25, 0.3) is 0 Å². The minimum atomic E-state index is -3.69. The number of hydrogen-bond acceptors (Lipinski definition) is 4. The molecule has 1 atom stereocenters. The first-order valence-electron chi connectivity index (χ1n) is 6.30. The van der Waals surface area contributed by atoms with Crippen LogP contribution >= 0.6 is 0 Å². The second kappa shape index (κ2) is 6.83. The van der Waals surface area contributed by atoms with Crippen LogP contribution in [0.15, 0.2) is 35.2 Å². The third kappa shape index (κ3) is 5.28. The van der Waals surface area contributed by atoms with Crippen molar-refractivity contribution in [1.82, 2.24) is 10.0 Å². The highest BCUT2D eigenvalue weighted by Gasteiger charge is 2.19. The average Bonchev–Trinajstić information content (AvgIpc) is 2.44. The Hall–Kier alpha value is -1.44. The predicted octanol–water partition coefficient (Wildman–Crippen LogP) is 0.242. The van der Waals surface area contributed by atoms with Crippen LogP contribution in [-0.2, 0) is 14.8 Å². The summed E-state index contributed by atoms with van der Waals surface area (Å²) < 4.78 is 25.9. The highest BCUT2D eigenvalue weighted by atomic mass is 32.2. The molecule has 1 rings (SSSR count). The van der Waals surface area contributed by atoms with Crippen LogP contribution in [0.1, 0.15) is 20.3 Å². The molecule has 1 aromatic carbocycles. The number of sulfonamides is 1. The first-order valence-corrected chi connectivity index (χ1v) is 7.79. The van der Waals surface area contributed by atoms with Crippen molar-refractivity contribution in [3.05, 3.63) is 30.3 Å². The lowest BCUT2D eigenvalue weighted by Crippen LogP contribution is -2.44. The number of rotatable bonds is 7. The lowest BCUT2D eigenvalue weighted by molar-refractivity contribution is -0.121. The van der Waals surface area contributed by atoms with Crippen LogP contribution in [0.25, 0.3) is 0 Å². The van der Waals surface area contributed by atoms with E-state index in [0.29, 0.717) is 6.42 Å². The summed E-state index contributed by atoms with van der Waals surface area (Å²) in [6.45, 7) is 3.11. The van der Waals surface area contributed by atoms with Crippen LogP contribution in [0.2, 0.25) is 0 Å². The van der Waals surface area contributed by atoms with Crippen LogP contribution in [0.5, 0.6) is 0 Å². The first kappa shape index (κ1) is 16.6. The second-order valence-corrected chi connectivity index (χ2v) is 6.53. The number of nitrogens with one attached hydrogen (secondary N) is 2. The second-order valence-electron chi connectivity index (χ2n) is 4.76. The molecule has 0 spiro atoms. The molecule has 1 aromatic rings. The fraction of sp³-hybridized carbons (Fsp3) is 0.462. The van der Waals surface area contributed by atoms with Gasteiger partial charge in [0.05, 0.1) is 17.0 Å². The number of aliphatic hydroxyl groups is 1. The Morgan fingerprint density at radius 1 is 1.30 bits per heavy atom. The monoisotopic (exact) mass is 300 g/mol. The van der Waals surface area contributed by atoms with Gasteiger partial charge >= 0.3 is 0 Å². The van der Waals surface area contributed by atoms with Crippen molar-refractivity contribution in [3.63, 3.8) is 0 Å².